The van der Waals surface area contributed by atoms with E-state index in [9.17, 15) is 18.0 Å². The quantitative estimate of drug-likeness (QED) is 0.821. The molecule has 0 spiro atoms. The Labute approximate surface area is 126 Å². The van der Waals surface area contributed by atoms with Crippen LogP contribution in [0.2, 0.25) is 0 Å². The highest BCUT2D eigenvalue weighted by atomic mass is 79.9. The Kier molecular flexibility index (Phi) is 4.03. The molecule has 0 aliphatic carbocycles. The van der Waals surface area contributed by atoms with E-state index in [1.54, 1.807) is 12.1 Å². The molecule has 8 heteroatoms. The molecular formula is C13H12BrF3N2O2. The van der Waals surface area contributed by atoms with Crippen molar-refractivity contribution in [1.29, 1.82) is 0 Å². The number of rotatable bonds is 3. The lowest BCUT2D eigenvalue weighted by molar-refractivity contribution is -0.208. The van der Waals surface area contributed by atoms with E-state index in [0.717, 1.165) is 6.20 Å². The number of nitrogens with two attached hydrogens (primary N) is 1. The largest absolute Gasteiger partial charge is 0.464 e. The van der Waals surface area contributed by atoms with E-state index in [1.807, 2.05) is 0 Å². The third kappa shape index (κ3) is 2.53. The molecule has 1 unspecified atom stereocenters. The third-order valence-electron chi connectivity index (χ3n) is 3.11. The minimum Gasteiger partial charge on any atom is -0.464 e. The first-order valence-electron chi connectivity index (χ1n) is 6.01. The number of fused-ring (bicyclic) bond motifs is 1. The van der Waals surface area contributed by atoms with Gasteiger partial charge in [-0.3, -0.25) is 0 Å². The fraction of sp³-hybridized carbons (Fsp3) is 0.308. The number of halogens is 4. The summed E-state index contributed by atoms with van der Waals surface area (Å²) in [6.45, 7) is 1.22. The van der Waals surface area contributed by atoms with Crippen LogP contribution >= 0.6 is 15.9 Å². The first-order chi connectivity index (χ1) is 9.71. The van der Waals surface area contributed by atoms with E-state index >= 15 is 0 Å². The second-order valence-electron chi connectivity index (χ2n) is 4.42. The Hall–Kier alpha value is -1.54. The van der Waals surface area contributed by atoms with Crippen LogP contribution in [-0.2, 0) is 15.1 Å². The number of benzene rings is 1. The van der Waals surface area contributed by atoms with Crippen LogP contribution in [0.4, 0.5) is 13.2 Å². The number of H-pyrrole nitrogens is 1. The Bertz CT molecular complexity index is 684. The minimum absolute atomic E-state index is 0.193. The number of ether oxygens (including phenoxy) is 1. The molecule has 21 heavy (non-hydrogen) atoms. The van der Waals surface area contributed by atoms with E-state index in [-0.39, 0.29) is 17.6 Å². The lowest BCUT2D eigenvalue weighted by Gasteiger charge is -2.29. The number of carbonyl (C=O) groups is 1. The number of nitrogens with one attached hydrogen (secondary N) is 1. The maximum Gasteiger partial charge on any atom is 0.421 e. The number of alkyl halides is 3. The third-order valence-corrected chi connectivity index (χ3v) is 3.61. The normalized spacial score (nSPS) is 15.0. The van der Waals surface area contributed by atoms with Crippen molar-refractivity contribution in [2.75, 3.05) is 6.61 Å². The van der Waals surface area contributed by atoms with E-state index in [4.69, 9.17) is 5.73 Å². The zero-order chi connectivity index (χ0) is 15.8. The van der Waals surface area contributed by atoms with E-state index in [2.05, 4.69) is 25.7 Å². The summed E-state index contributed by atoms with van der Waals surface area (Å²) >= 11 is 3.22. The van der Waals surface area contributed by atoms with Gasteiger partial charge in [-0.1, -0.05) is 22.0 Å². The molecule has 2 rings (SSSR count). The van der Waals surface area contributed by atoms with Gasteiger partial charge in [-0.05, 0) is 19.1 Å². The fourth-order valence-corrected chi connectivity index (χ4v) is 2.41. The van der Waals surface area contributed by atoms with Crippen molar-refractivity contribution in [2.45, 2.75) is 18.6 Å². The molecule has 114 valence electrons. The number of esters is 1. The molecule has 0 amide bonds. The number of hydrogen-bond acceptors (Lipinski definition) is 3. The second kappa shape index (κ2) is 5.34. The Morgan fingerprint density at radius 3 is 2.67 bits per heavy atom. The standard InChI is InChI=1S/C13H12BrF3N2O2/c1-2-21-11(20)12(18,13(15,16)17)9-6-19-10-5-7(14)3-4-8(9)10/h3-6,19H,2,18H2,1H3. The molecule has 1 heterocycles. The van der Waals surface area contributed by atoms with Gasteiger partial charge in [0.2, 0.25) is 5.54 Å². The van der Waals surface area contributed by atoms with Crippen LogP contribution < -0.4 is 5.73 Å². The van der Waals surface area contributed by atoms with Crippen molar-refractivity contribution < 1.29 is 22.7 Å². The molecule has 0 saturated heterocycles. The van der Waals surface area contributed by atoms with Gasteiger partial charge in [-0.25, -0.2) is 4.79 Å². The average molecular weight is 365 g/mol. The molecular weight excluding hydrogens is 353 g/mol. The highest BCUT2D eigenvalue weighted by Crippen LogP contribution is 2.41. The van der Waals surface area contributed by atoms with Gasteiger partial charge in [0.1, 0.15) is 0 Å². The van der Waals surface area contributed by atoms with Gasteiger partial charge in [0.15, 0.2) is 0 Å². The minimum atomic E-state index is -4.98. The summed E-state index contributed by atoms with van der Waals surface area (Å²) in [5.74, 6) is -1.53. The van der Waals surface area contributed by atoms with Crippen molar-refractivity contribution in [3.8, 4) is 0 Å². The number of aromatic amines is 1. The number of hydrogen-bond donors (Lipinski definition) is 2. The molecule has 3 N–H and O–H groups in total. The second-order valence-corrected chi connectivity index (χ2v) is 5.33. The van der Waals surface area contributed by atoms with Crippen molar-refractivity contribution in [3.63, 3.8) is 0 Å². The van der Waals surface area contributed by atoms with Gasteiger partial charge in [-0.15, -0.1) is 0 Å². The van der Waals surface area contributed by atoms with Crippen LogP contribution in [0.3, 0.4) is 0 Å². The van der Waals surface area contributed by atoms with Crippen LogP contribution in [0.5, 0.6) is 0 Å². The van der Waals surface area contributed by atoms with Gasteiger partial charge in [0.05, 0.1) is 6.61 Å². The monoisotopic (exact) mass is 364 g/mol. The summed E-state index contributed by atoms with van der Waals surface area (Å²) in [6.07, 6.45) is -3.90. The molecule has 1 aromatic carbocycles. The summed E-state index contributed by atoms with van der Waals surface area (Å²) in [7, 11) is 0. The number of carbonyl (C=O) groups excluding carboxylic acids is 1. The van der Waals surface area contributed by atoms with Gasteiger partial charge in [0, 0.05) is 27.1 Å². The van der Waals surface area contributed by atoms with Crippen LogP contribution in [-0.4, -0.2) is 23.7 Å². The molecule has 1 atom stereocenters. The molecule has 0 aliphatic heterocycles. The highest BCUT2D eigenvalue weighted by molar-refractivity contribution is 9.10. The zero-order valence-corrected chi connectivity index (χ0v) is 12.5. The van der Waals surface area contributed by atoms with Crippen molar-refractivity contribution in [3.05, 3.63) is 34.4 Å². The van der Waals surface area contributed by atoms with Crippen LogP contribution in [0.1, 0.15) is 12.5 Å². The molecule has 2 aromatic rings. The van der Waals surface area contributed by atoms with E-state index < -0.39 is 17.7 Å². The predicted octanol–water partition coefficient (Wildman–Crippen LogP) is 3.21. The smallest absolute Gasteiger partial charge is 0.421 e. The summed E-state index contributed by atoms with van der Waals surface area (Å²) in [5, 5.41) is 0.214. The first-order valence-corrected chi connectivity index (χ1v) is 6.81. The van der Waals surface area contributed by atoms with E-state index in [1.165, 1.54) is 13.0 Å². The van der Waals surface area contributed by atoms with Gasteiger partial charge >= 0.3 is 12.1 Å². The summed E-state index contributed by atoms with van der Waals surface area (Å²) in [5.41, 5.74) is 2.30. The highest BCUT2D eigenvalue weighted by Gasteiger charge is 2.61. The van der Waals surface area contributed by atoms with Gasteiger partial charge < -0.3 is 15.5 Å². The lowest BCUT2D eigenvalue weighted by Crippen LogP contribution is -2.57. The van der Waals surface area contributed by atoms with Crippen LogP contribution in [0.25, 0.3) is 10.9 Å². The van der Waals surface area contributed by atoms with Gasteiger partial charge in [0.25, 0.3) is 0 Å². The number of aromatic nitrogens is 1. The van der Waals surface area contributed by atoms with Crippen molar-refractivity contribution in [2.24, 2.45) is 5.73 Å². The lowest BCUT2D eigenvalue weighted by atomic mass is 9.90. The SMILES string of the molecule is CCOC(=O)C(N)(c1c[nH]c2cc(Br)ccc12)C(F)(F)F. The summed E-state index contributed by atoms with van der Waals surface area (Å²) in [6, 6.07) is 4.63. The molecule has 4 nitrogen and oxygen atoms in total. The van der Waals surface area contributed by atoms with Crippen molar-refractivity contribution >= 4 is 32.8 Å². The maximum atomic E-state index is 13.4. The van der Waals surface area contributed by atoms with Gasteiger partial charge in [-0.2, -0.15) is 13.2 Å². The topological polar surface area (TPSA) is 68.1 Å². The Balaban J connectivity index is 2.68. The predicted molar refractivity (Wildman–Crippen MR) is 74.6 cm³/mol. The molecule has 0 fully saturated rings. The Morgan fingerprint density at radius 1 is 1.43 bits per heavy atom. The molecule has 0 bridgehead atoms. The summed E-state index contributed by atoms with van der Waals surface area (Å²) < 4.78 is 45.4. The molecule has 1 aromatic heterocycles. The van der Waals surface area contributed by atoms with Crippen molar-refractivity contribution in [1.82, 2.24) is 4.98 Å². The Morgan fingerprint density at radius 2 is 2.10 bits per heavy atom. The van der Waals surface area contributed by atoms with E-state index in [0.29, 0.717) is 9.99 Å². The molecule has 0 radical (unpaired) electrons. The average Bonchev–Trinajstić information content (AvgIpc) is 2.79. The van der Waals surface area contributed by atoms with Crippen LogP contribution in [0.15, 0.2) is 28.9 Å². The molecule has 0 aliphatic rings. The summed E-state index contributed by atoms with van der Waals surface area (Å²) in [4.78, 5) is 14.5. The first kappa shape index (κ1) is 15.8. The fourth-order valence-electron chi connectivity index (χ4n) is 2.05. The maximum absolute atomic E-state index is 13.4. The zero-order valence-electron chi connectivity index (χ0n) is 10.9. The van der Waals surface area contributed by atoms with Crippen LogP contribution in [0, 0.1) is 0 Å². The molecule has 0 saturated carbocycles.